The first-order chi connectivity index (χ1) is 9.36. The van der Waals surface area contributed by atoms with Crippen LogP contribution in [-0.2, 0) is 4.74 Å². The van der Waals surface area contributed by atoms with E-state index in [4.69, 9.17) is 4.74 Å². The first-order valence-electron chi connectivity index (χ1n) is 7.53. The average Bonchev–Trinajstić information content (AvgIpc) is 2.89. The summed E-state index contributed by atoms with van der Waals surface area (Å²) in [7, 11) is 0. The summed E-state index contributed by atoms with van der Waals surface area (Å²) in [6.07, 6.45) is 2.83. The Labute approximate surface area is 115 Å². The van der Waals surface area contributed by atoms with E-state index in [1.807, 2.05) is 0 Å². The van der Waals surface area contributed by atoms with Crippen molar-refractivity contribution in [2.45, 2.75) is 31.8 Å². The van der Waals surface area contributed by atoms with Crippen LogP contribution in [0.2, 0.25) is 0 Å². The highest BCUT2D eigenvalue weighted by Crippen LogP contribution is 2.33. The third kappa shape index (κ3) is 2.93. The Kier molecular flexibility index (Phi) is 4.04. The van der Waals surface area contributed by atoms with E-state index in [1.54, 1.807) is 0 Å². The number of ether oxygens (including phenoxy) is 1. The van der Waals surface area contributed by atoms with Crippen LogP contribution in [0.25, 0.3) is 0 Å². The number of rotatable bonds is 4. The molecule has 3 nitrogen and oxygen atoms in total. The van der Waals surface area contributed by atoms with Crippen LogP contribution in [0.15, 0.2) is 24.3 Å². The van der Waals surface area contributed by atoms with E-state index in [1.165, 1.54) is 24.2 Å². The number of hydrogen-bond donors (Lipinski definition) is 1. The van der Waals surface area contributed by atoms with E-state index in [0.717, 1.165) is 32.7 Å². The molecular formula is C16H24N2O. The molecule has 2 heterocycles. The SMILES string of the molecule is CCC1CN(CCC2CNc3ccccc32)CCO1. The number of fused-ring (bicyclic) bond motifs is 1. The molecule has 2 atom stereocenters. The largest absolute Gasteiger partial charge is 0.384 e. The fraction of sp³-hybridized carbons (Fsp3) is 0.625. The summed E-state index contributed by atoms with van der Waals surface area (Å²) in [4.78, 5) is 2.57. The first kappa shape index (κ1) is 12.9. The fourth-order valence-corrected chi connectivity index (χ4v) is 3.18. The molecule has 1 saturated heterocycles. The van der Waals surface area contributed by atoms with Crippen LogP contribution in [-0.4, -0.2) is 43.8 Å². The molecule has 3 heteroatoms. The lowest BCUT2D eigenvalue weighted by molar-refractivity contribution is -0.0302. The number of nitrogens with one attached hydrogen (secondary N) is 1. The van der Waals surface area contributed by atoms with E-state index in [0.29, 0.717) is 12.0 Å². The fourth-order valence-electron chi connectivity index (χ4n) is 3.18. The molecule has 3 rings (SSSR count). The smallest absolute Gasteiger partial charge is 0.0700 e. The van der Waals surface area contributed by atoms with Gasteiger partial charge < -0.3 is 10.1 Å². The summed E-state index contributed by atoms with van der Waals surface area (Å²) in [6.45, 7) is 7.61. The summed E-state index contributed by atoms with van der Waals surface area (Å²) >= 11 is 0. The Morgan fingerprint density at radius 3 is 3.16 bits per heavy atom. The van der Waals surface area contributed by atoms with Crippen LogP contribution >= 0.6 is 0 Å². The molecule has 1 aromatic rings. The van der Waals surface area contributed by atoms with Gasteiger partial charge in [0.1, 0.15) is 0 Å². The van der Waals surface area contributed by atoms with E-state index in [2.05, 4.69) is 41.4 Å². The standard InChI is InChI=1S/C16H24N2O/c1-2-14-12-18(9-10-19-14)8-7-13-11-17-16-6-4-3-5-15(13)16/h3-6,13-14,17H,2,7-12H2,1H3. The normalized spacial score (nSPS) is 27.0. The number of hydrogen-bond acceptors (Lipinski definition) is 3. The second kappa shape index (κ2) is 5.93. The van der Waals surface area contributed by atoms with Crippen molar-refractivity contribution < 1.29 is 4.74 Å². The molecule has 1 aromatic carbocycles. The lowest BCUT2D eigenvalue weighted by Crippen LogP contribution is -2.42. The minimum absolute atomic E-state index is 0.447. The lowest BCUT2D eigenvalue weighted by atomic mass is 9.97. The number of morpholine rings is 1. The molecule has 1 fully saturated rings. The van der Waals surface area contributed by atoms with Crippen molar-refractivity contribution in [3.63, 3.8) is 0 Å². The van der Waals surface area contributed by atoms with Gasteiger partial charge in [-0.3, -0.25) is 4.90 Å². The zero-order chi connectivity index (χ0) is 13.1. The number of nitrogens with zero attached hydrogens (tertiary/aromatic N) is 1. The monoisotopic (exact) mass is 260 g/mol. The maximum Gasteiger partial charge on any atom is 0.0700 e. The predicted octanol–water partition coefficient (Wildman–Crippen LogP) is 2.70. The number of anilines is 1. The highest BCUT2D eigenvalue weighted by atomic mass is 16.5. The lowest BCUT2D eigenvalue weighted by Gasteiger charge is -2.33. The van der Waals surface area contributed by atoms with Gasteiger partial charge in [-0.05, 0) is 31.0 Å². The Balaban J connectivity index is 1.53. The van der Waals surface area contributed by atoms with Gasteiger partial charge in [-0.1, -0.05) is 25.1 Å². The van der Waals surface area contributed by atoms with Crippen LogP contribution in [0.3, 0.4) is 0 Å². The maximum atomic E-state index is 5.73. The van der Waals surface area contributed by atoms with Crippen molar-refractivity contribution in [2.75, 3.05) is 38.1 Å². The predicted molar refractivity (Wildman–Crippen MR) is 78.8 cm³/mol. The summed E-state index contributed by atoms with van der Waals surface area (Å²) in [6, 6.07) is 8.73. The van der Waals surface area contributed by atoms with E-state index < -0.39 is 0 Å². The Hall–Kier alpha value is -1.06. The highest BCUT2D eigenvalue weighted by Gasteiger charge is 2.24. The van der Waals surface area contributed by atoms with Gasteiger partial charge in [0.25, 0.3) is 0 Å². The summed E-state index contributed by atoms with van der Waals surface area (Å²) in [5, 5.41) is 3.51. The summed E-state index contributed by atoms with van der Waals surface area (Å²) < 4.78 is 5.73. The van der Waals surface area contributed by atoms with E-state index >= 15 is 0 Å². The van der Waals surface area contributed by atoms with Crippen LogP contribution in [0.5, 0.6) is 0 Å². The van der Waals surface area contributed by atoms with Crippen molar-refractivity contribution in [2.24, 2.45) is 0 Å². The Morgan fingerprint density at radius 2 is 2.26 bits per heavy atom. The molecule has 1 N–H and O–H groups in total. The van der Waals surface area contributed by atoms with Gasteiger partial charge in [-0.15, -0.1) is 0 Å². The molecule has 0 radical (unpaired) electrons. The molecule has 2 aliphatic rings. The molecular weight excluding hydrogens is 236 g/mol. The van der Waals surface area contributed by atoms with Gasteiger partial charge in [0, 0.05) is 31.2 Å². The third-order valence-corrected chi connectivity index (χ3v) is 4.41. The minimum Gasteiger partial charge on any atom is -0.384 e. The molecule has 19 heavy (non-hydrogen) atoms. The van der Waals surface area contributed by atoms with Gasteiger partial charge in [0.15, 0.2) is 0 Å². The molecule has 0 saturated carbocycles. The quantitative estimate of drug-likeness (QED) is 0.901. The number of benzene rings is 1. The molecule has 2 unspecified atom stereocenters. The molecule has 0 aliphatic carbocycles. The van der Waals surface area contributed by atoms with Crippen LogP contribution < -0.4 is 5.32 Å². The first-order valence-corrected chi connectivity index (χ1v) is 7.53. The minimum atomic E-state index is 0.447. The van der Waals surface area contributed by atoms with Gasteiger partial charge in [-0.2, -0.15) is 0 Å². The molecule has 0 amide bonds. The van der Waals surface area contributed by atoms with E-state index in [-0.39, 0.29) is 0 Å². The van der Waals surface area contributed by atoms with Gasteiger partial charge in [-0.25, -0.2) is 0 Å². The van der Waals surface area contributed by atoms with Crippen LogP contribution in [0.1, 0.15) is 31.2 Å². The Morgan fingerprint density at radius 1 is 1.37 bits per heavy atom. The molecule has 0 spiro atoms. The molecule has 0 bridgehead atoms. The van der Waals surface area contributed by atoms with Crippen molar-refractivity contribution in [1.29, 1.82) is 0 Å². The zero-order valence-corrected chi connectivity index (χ0v) is 11.8. The topological polar surface area (TPSA) is 24.5 Å². The van der Waals surface area contributed by atoms with E-state index in [9.17, 15) is 0 Å². The maximum absolute atomic E-state index is 5.73. The zero-order valence-electron chi connectivity index (χ0n) is 11.8. The van der Waals surface area contributed by atoms with Crippen molar-refractivity contribution in [1.82, 2.24) is 4.90 Å². The summed E-state index contributed by atoms with van der Waals surface area (Å²) in [5.41, 5.74) is 2.84. The van der Waals surface area contributed by atoms with Crippen molar-refractivity contribution >= 4 is 5.69 Å². The van der Waals surface area contributed by atoms with Crippen LogP contribution in [0.4, 0.5) is 5.69 Å². The van der Waals surface area contributed by atoms with Crippen molar-refractivity contribution in [3.05, 3.63) is 29.8 Å². The molecule has 2 aliphatic heterocycles. The number of para-hydroxylation sites is 1. The third-order valence-electron chi connectivity index (χ3n) is 4.41. The second-order valence-corrected chi connectivity index (χ2v) is 5.66. The van der Waals surface area contributed by atoms with Gasteiger partial charge >= 0.3 is 0 Å². The summed E-state index contributed by atoms with van der Waals surface area (Å²) in [5.74, 6) is 0.680. The Bertz CT molecular complexity index is 421. The second-order valence-electron chi connectivity index (χ2n) is 5.66. The molecule has 104 valence electrons. The highest BCUT2D eigenvalue weighted by molar-refractivity contribution is 5.57. The molecule has 0 aromatic heterocycles. The van der Waals surface area contributed by atoms with Crippen molar-refractivity contribution in [3.8, 4) is 0 Å². The average molecular weight is 260 g/mol. The van der Waals surface area contributed by atoms with Gasteiger partial charge in [0.05, 0.1) is 12.7 Å². The van der Waals surface area contributed by atoms with Gasteiger partial charge in [0.2, 0.25) is 0 Å². The van der Waals surface area contributed by atoms with Crippen LogP contribution in [0, 0.1) is 0 Å².